The van der Waals surface area contributed by atoms with Crippen LogP contribution >= 0.6 is 11.8 Å². The van der Waals surface area contributed by atoms with Gasteiger partial charge < -0.3 is 6.33 Å². The molecule has 52 heavy (non-hydrogen) atoms. The zero-order valence-corrected chi connectivity index (χ0v) is 34.9. The topological polar surface area (TPSA) is 115 Å². The minimum Gasteiger partial charge on any atom is -1.00 e. The predicted octanol–water partition coefficient (Wildman–Crippen LogP) is 5.35. The van der Waals surface area contributed by atoms with E-state index in [2.05, 4.69) is 76.3 Å². The van der Waals surface area contributed by atoms with Crippen molar-refractivity contribution < 1.29 is 61.5 Å². The molecule has 6 rings (SSSR count). The second kappa shape index (κ2) is 15.9. The van der Waals surface area contributed by atoms with Crippen molar-refractivity contribution in [2.24, 2.45) is 0 Å². The monoisotopic (exact) mass is 769 g/mol. The van der Waals surface area contributed by atoms with Gasteiger partial charge in [-0.05, 0) is 74.1 Å². The number of nitrogens with zero attached hydrogens (tertiary/aromatic N) is 2. The van der Waals surface area contributed by atoms with Gasteiger partial charge in [0.2, 0.25) is 5.69 Å². The summed E-state index contributed by atoms with van der Waals surface area (Å²) >= 11 is 1.72. The summed E-state index contributed by atoms with van der Waals surface area (Å²) in [6.45, 7) is 8.82. The Morgan fingerprint density at radius 1 is 0.788 bits per heavy atom. The summed E-state index contributed by atoms with van der Waals surface area (Å²) in [5, 5.41) is 0. The zero-order chi connectivity index (χ0) is 36.6. The fourth-order valence-corrected chi connectivity index (χ4v) is 9.45. The quantitative estimate of drug-likeness (QED) is 0.153. The maximum Gasteiger partial charge on any atom is 1.00 e. The molecule has 0 radical (unpaired) electrons. The van der Waals surface area contributed by atoms with Gasteiger partial charge in [0.15, 0.2) is 12.3 Å². The van der Waals surface area contributed by atoms with Crippen LogP contribution in [0.15, 0.2) is 130 Å². The van der Waals surface area contributed by atoms with E-state index in [0.29, 0.717) is 0 Å². The zero-order valence-electron chi connectivity index (χ0n) is 31.4. The van der Waals surface area contributed by atoms with Gasteiger partial charge in [-0.1, -0.05) is 92.4 Å². The second-order valence-corrected chi connectivity index (χ2v) is 18.5. The Morgan fingerprint density at radius 2 is 1.42 bits per heavy atom. The Kier molecular flexibility index (Phi) is 12.4. The molecule has 2 N–H and O–H groups in total. The summed E-state index contributed by atoms with van der Waals surface area (Å²) in [5.41, 5.74) is 7.55. The molecule has 1 aliphatic carbocycles. The molecule has 2 aliphatic heterocycles. The van der Waals surface area contributed by atoms with Crippen LogP contribution in [0.25, 0.3) is 0 Å². The summed E-state index contributed by atoms with van der Waals surface area (Å²) < 4.78 is 68.6. The number of para-hydroxylation sites is 2. The van der Waals surface area contributed by atoms with Gasteiger partial charge in [-0.2, -0.15) is 21.4 Å². The van der Waals surface area contributed by atoms with Gasteiger partial charge in [0.25, 0.3) is 20.2 Å². The van der Waals surface area contributed by atoms with Crippen LogP contribution in [0.3, 0.4) is 0 Å². The molecule has 0 saturated carbocycles. The first-order valence-corrected chi connectivity index (χ1v) is 21.2. The number of rotatable bonds is 11. The number of allylic oxidation sites excluding steroid dienone is 7. The molecule has 2 heterocycles. The molecule has 3 aromatic rings. The molecule has 0 unspecified atom stereocenters. The van der Waals surface area contributed by atoms with Crippen LogP contribution < -0.4 is 34.5 Å². The van der Waals surface area contributed by atoms with Crippen LogP contribution in [-0.2, 0) is 31.1 Å². The summed E-state index contributed by atoms with van der Waals surface area (Å²) in [7, 11) is -8.33. The Labute approximate surface area is 336 Å². The molecule has 12 heteroatoms. The first kappa shape index (κ1) is 40.4. The molecule has 0 aromatic heterocycles. The molecule has 0 saturated heterocycles. The third-order valence-electron chi connectivity index (χ3n) is 10.1. The maximum absolute atomic E-state index is 11.8. The van der Waals surface area contributed by atoms with Crippen molar-refractivity contribution in [2.75, 3.05) is 29.5 Å². The minimum absolute atomic E-state index is 0. The molecule has 0 fully saturated rings. The fraction of sp³-hybridized carbons (Fsp3) is 0.325. The van der Waals surface area contributed by atoms with Gasteiger partial charge >= 0.3 is 29.6 Å². The molecule has 0 amide bonds. The molecule has 8 nitrogen and oxygen atoms in total. The van der Waals surface area contributed by atoms with Crippen LogP contribution in [0, 0.1) is 0 Å². The average molecular weight is 770 g/mol. The van der Waals surface area contributed by atoms with Crippen LogP contribution in [-0.4, -0.2) is 60.8 Å². The molecule has 0 spiro atoms. The summed E-state index contributed by atoms with van der Waals surface area (Å²) in [5.74, 6) is -0.759. The van der Waals surface area contributed by atoms with E-state index in [9.17, 15) is 25.9 Å². The molecule has 0 atom stereocenters. The Bertz CT molecular complexity index is 2230. The molecule has 0 bridgehead atoms. The third-order valence-corrected chi connectivity index (χ3v) is 12.7. The minimum atomic E-state index is -4.17. The molecular formula is C40H46N2NaO6S3+. The average Bonchev–Trinajstić information content (AvgIpc) is 3.43. The molecular weight excluding hydrogens is 724 g/mol. The van der Waals surface area contributed by atoms with Gasteiger partial charge in [-0.25, -0.2) is 0 Å². The van der Waals surface area contributed by atoms with Crippen molar-refractivity contribution in [3.8, 4) is 0 Å². The molecule has 270 valence electrons. The Balaban J connectivity index is 0.00000314. The summed E-state index contributed by atoms with van der Waals surface area (Å²) in [6.07, 6.45) is 11.2. The Hall–Kier alpha value is -2.74. The fourth-order valence-electron chi connectivity index (χ4n) is 7.49. The predicted molar refractivity (Wildman–Crippen MR) is 209 cm³/mol. The van der Waals surface area contributed by atoms with E-state index in [4.69, 9.17) is 0 Å². The first-order chi connectivity index (χ1) is 24.1. The summed E-state index contributed by atoms with van der Waals surface area (Å²) in [4.78, 5) is 4.27. The van der Waals surface area contributed by atoms with Crippen molar-refractivity contribution in [1.82, 2.24) is 0 Å². The van der Waals surface area contributed by atoms with E-state index in [1.54, 1.807) is 11.8 Å². The number of hydrogen-bond acceptors (Lipinski definition) is 6. The third kappa shape index (κ3) is 8.79. The number of hydrogen-bond donors (Lipinski definition) is 2. The van der Waals surface area contributed by atoms with Crippen LogP contribution in [0.1, 0.15) is 59.5 Å². The number of thioether (sulfide) groups is 1. The largest absolute Gasteiger partial charge is 1.00 e. The van der Waals surface area contributed by atoms with Crippen molar-refractivity contribution in [2.45, 2.75) is 62.7 Å². The van der Waals surface area contributed by atoms with Gasteiger partial charge in [0.05, 0.1) is 11.2 Å². The Morgan fingerprint density at radius 3 is 2.12 bits per heavy atom. The van der Waals surface area contributed by atoms with Gasteiger partial charge in [0, 0.05) is 50.9 Å². The van der Waals surface area contributed by atoms with Crippen molar-refractivity contribution >= 4 is 49.1 Å². The summed E-state index contributed by atoms with van der Waals surface area (Å²) in [6, 6.07) is 26.3. The standard InChI is InChI=1S/C40H44N2O6S3.Na.H/c1-39(2)32-17-8-10-19-34(32)41(25-27-50(43,44)45)36(39)23-21-29-13-12-14-30(38(29)49-31-15-6-5-7-16-31)22-24-37-40(3,4)33-18-9-11-20-35(33)42(37)26-28-51(46,47)48;;/h5-11,15-24H,12-14,25-28H2,1-4H3,(H-,43,44,45,46,47,48);;/q;+1;-1/p+1. The van der Waals surface area contributed by atoms with E-state index in [1.165, 1.54) is 11.1 Å². The number of anilines is 1. The van der Waals surface area contributed by atoms with E-state index in [1.807, 2.05) is 64.1 Å². The molecule has 3 aliphatic rings. The molecule has 3 aromatic carbocycles. The SMILES string of the molecule is CC1(C)C(/C=C/C2=C(Sc3ccccc3)C(=C\C=C3/N(CCS(=O)(=O)O)c4ccccc4C3(C)C)/CCC2)=[N+](CCS(=O)(=O)O)c2ccccc21.[H-].[Na+]. The van der Waals surface area contributed by atoms with E-state index in [0.717, 1.165) is 63.0 Å². The maximum atomic E-state index is 11.8. The van der Waals surface area contributed by atoms with Crippen molar-refractivity contribution in [3.05, 3.63) is 136 Å². The van der Waals surface area contributed by atoms with Crippen LogP contribution in [0.4, 0.5) is 11.4 Å². The smallest absolute Gasteiger partial charge is 1.00 e. The van der Waals surface area contributed by atoms with Gasteiger partial charge in [0.1, 0.15) is 5.75 Å². The van der Waals surface area contributed by atoms with E-state index >= 15 is 0 Å². The van der Waals surface area contributed by atoms with Crippen LogP contribution in [0.2, 0.25) is 0 Å². The van der Waals surface area contributed by atoms with E-state index < -0.39 is 31.1 Å². The number of benzene rings is 3. The normalized spacial score (nSPS) is 19.8. The van der Waals surface area contributed by atoms with Gasteiger partial charge in [-0.3, -0.25) is 9.11 Å². The second-order valence-electron chi connectivity index (χ2n) is 14.2. The van der Waals surface area contributed by atoms with Crippen molar-refractivity contribution in [1.29, 1.82) is 0 Å². The van der Waals surface area contributed by atoms with Crippen LogP contribution in [0.5, 0.6) is 0 Å². The van der Waals surface area contributed by atoms with Crippen molar-refractivity contribution in [3.63, 3.8) is 0 Å². The van der Waals surface area contributed by atoms with Gasteiger partial charge in [-0.15, -0.1) is 0 Å². The number of fused-ring (bicyclic) bond motifs is 2. The first-order valence-electron chi connectivity index (χ1n) is 17.1. The van der Waals surface area contributed by atoms with E-state index in [-0.39, 0.29) is 55.6 Å².